The molecular weight excluding hydrogens is 252 g/mol. The third-order valence-electron chi connectivity index (χ3n) is 5.31. The first-order chi connectivity index (χ1) is 9.73. The summed E-state index contributed by atoms with van der Waals surface area (Å²) in [6.45, 7) is 3.60. The van der Waals surface area contributed by atoms with Gasteiger partial charge in [-0.3, -0.25) is 4.79 Å². The van der Waals surface area contributed by atoms with E-state index in [9.17, 15) is 4.79 Å². The van der Waals surface area contributed by atoms with Crippen LogP contribution in [0.15, 0.2) is 0 Å². The minimum absolute atomic E-state index is 0.0710. The summed E-state index contributed by atoms with van der Waals surface area (Å²) in [6, 6.07) is 0. The van der Waals surface area contributed by atoms with Crippen molar-refractivity contribution in [1.82, 2.24) is 10.2 Å². The van der Waals surface area contributed by atoms with Crippen LogP contribution >= 0.6 is 0 Å². The number of nitrogens with one attached hydrogen (secondary N) is 1. The van der Waals surface area contributed by atoms with Gasteiger partial charge in [0.25, 0.3) is 0 Å². The van der Waals surface area contributed by atoms with Crippen LogP contribution in [0.1, 0.15) is 51.4 Å². The van der Waals surface area contributed by atoms with E-state index >= 15 is 0 Å². The fraction of sp³-hybridized carbons (Fsp3) is 0.938. The van der Waals surface area contributed by atoms with E-state index in [4.69, 9.17) is 4.74 Å². The Hall–Kier alpha value is -0.610. The average Bonchev–Trinajstić information content (AvgIpc) is 2.72. The van der Waals surface area contributed by atoms with Gasteiger partial charge in [0.05, 0.1) is 7.11 Å². The number of carbonyl (C=O) groups excluding carboxylic acids is 1. The Labute approximate surface area is 123 Å². The van der Waals surface area contributed by atoms with Crippen LogP contribution in [0, 0.1) is 5.92 Å². The molecule has 2 unspecified atom stereocenters. The minimum Gasteiger partial charge on any atom is -0.468 e. The molecule has 1 aliphatic heterocycles. The molecule has 0 aromatic carbocycles. The molecule has 0 aromatic rings. The summed E-state index contributed by atoms with van der Waals surface area (Å²) in [4.78, 5) is 14.8. The first-order valence-corrected chi connectivity index (χ1v) is 8.22. The predicted molar refractivity (Wildman–Crippen MR) is 80.7 cm³/mol. The molecule has 116 valence electrons. The molecule has 1 N–H and O–H groups in total. The number of carbonyl (C=O) groups is 1. The summed E-state index contributed by atoms with van der Waals surface area (Å²) >= 11 is 0. The molecule has 0 bridgehead atoms. The van der Waals surface area contributed by atoms with Crippen molar-refractivity contribution in [2.24, 2.45) is 5.92 Å². The van der Waals surface area contributed by atoms with Gasteiger partial charge in [-0.15, -0.1) is 0 Å². The highest BCUT2D eigenvalue weighted by atomic mass is 16.5. The van der Waals surface area contributed by atoms with Crippen LogP contribution in [-0.4, -0.2) is 50.2 Å². The normalized spacial score (nSPS) is 32.0. The molecule has 1 aliphatic carbocycles. The zero-order valence-corrected chi connectivity index (χ0v) is 13.1. The third kappa shape index (κ3) is 3.34. The zero-order chi connectivity index (χ0) is 14.4. The van der Waals surface area contributed by atoms with E-state index in [1.807, 2.05) is 7.05 Å². The Morgan fingerprint density at radius 1 is 1.25 bits per heavy atom. The molecule has 4 heteroatoms. The van der Waals surface area contributed by atoms with E-state index in [1.54, 1.807) is 0 Å². The topological polar surface area (TPSA) is 41.6 Å². The highest BCUT2D eigenvalue weighted by Crippen LogP contribution is 2.38. The van der Waals surface area contributed by atoms with Gasteiger partial charge in [0.1, 0.15) is 5.54 Å². The van der Waals surface area contributed by atoms with Crippen molar-refractivity contribution in [1.29, 1.82) is 0 Å². The second-order valence-corrected chi connectivity index (χ2v) is 6.35. The SMILES string of the molecule is CNC1(C(=O)OC)CCCC1CCN1CCCCCC1. The number of esters is 1. The van der Waals surface area contributed by atoms with Gasteiger partial charge in [-0.05, 0) is 64.7 Å². The maximum absolute atomic E-state index is 12.2. The summed E-state index contributed by atoms with van der Waals surface area (Å²) in [5.41, 5.74) is -0.430. The van der Waals surface area contributed by atoms with Crippen LogP contribution in [0.4, 0.5) is 0 Å². The van der Waals surface area contributed by atoms with E-state index in [1.165, 1.54) is 45.9 Å². The molecule has 2 rings (SSSR count). The third-order valence-corrected chi connectivity index (χ3v) is 5.31. The Morgan fingerprint density at radius 3 is 2.55 bits per heavy atom. The Kier molecular flexibility index (Phi) is 5.85. The molecule has 1 heterocycles. The van der Waals surface area contributed by atoms with Crippen molar-refractivity contribution in [2.45, 2.75) is 56.9 Å². The Bertz CT molecular complexity index is 314. The van der Waals surface area contributed by atoms with E-state index in [2.05, 4.69) is 10.2 Å². The summed E-state index contributed by atoms with van der Waals surface area (Å²) in [7, 11) is 3.41. The van der Waals surface area contributed by atoms with Gasteiger partial charge >= 0.3 is 5.97 Å². The van der Waals surface area contributed by atoms with Crippen molar-refractivity contribution >= 4 is 5.97 Å². The number of likely N-dealkylation sites (N-methyl/N-ethyl adjacent to an activating group) is 1. The van der Waals surface area contributed by atoms with Gasteiger partial charge in [0.2, 0.25) is 0 Å². The second kappa shape index (κ2) is 7.41. The maximum atomic E-state index is 12.2. The van der Waals surface area contributed by atoms with Crippen molar-refractivity contribution in [3.8, 4) is 0 Å². The number of hydrogen-bond acceptors (Lipinski definition) is 4. The monoisotopic (exact) mass is 282 g/mol. The summed E-state index contributed by atoms with van der Waals surface area (Å²) in [5, 5.41) is 3.29. The van der Waals surface area contributed by atoms with Crippen LogP contribution in [0.5, 0.6) is 0 Å². The Morgan fingerprint density at radius 2 is 1.95 bits per heavy atom. The zero-order valence-electron chi connectivity index (χ0n) is 13.1. The number of nitrogens with zero attached hydrogens (tertiary/aromatic N) is 1. The smallest absolute Gasteiger partial charge is 0.326 e. The summed E-state index contributed by atoms with van der Waals surface area (Å²) in [6.07, 6.45) is 9.71. The lowest BCUT2D eigenvalue weighted by atomic mass is 9.84. The standard InChI is InChI=1S/C16H30N2O2/c1-17-16(15(19)20-2)10-7-8-14(16)9-13-18-11-5-3-4-6-12-18/h14,17H,3-13H2,1-2H3. The minimum atomic E-state index is -0.430. The van der Waals surface area contributed by atoms with Crippen LogP contribution in [-0.2, 0) is 9.53 Å². The van der Waals surface area contributed by atoms with E-state index in [-0.39, 0.29) is 5.97 Å². The van der Waals surface area contributed by atoms with Crippen molar-refractivity contribution in [2.75, 3.05) is 33.8 Å². The average molecular weight is 282 g/mol. The van der Waals surface area contributed by atoms with E-state index < -0.39 is 5.54 Å². The molecular formula is C16H30N2O2. The van der Waals surface area contributed by atoms with E-state index in [0.717, 1.165) is 32.2 Å². The van der Waals surface area contributed by atoms with Gasteiger partial charge < -0.3 is 15.0 Å². The molecule has 20 heavy (non-hydrogen) atoms. The quantitative estimate of drug-likeness (QED) is 0.785. The number of methoxy groups -OCH3 is 1. The van der Waals surface area contributed by atoms with E-state index in [0.29, 0.717) is 5.92 Å². The molecule has 2 fully saturated rings. The second-order valence-electron chi connectivity index (χ2n) is 6.35. The molecule has 0 spiro atoms. The summed E-state index contributed by atoms with van der Waals surface area (Å²) in [5.74, 6) is 0.349. The summed E-state index contributed by atoms with van der Waals surface area (Å²) < 4.78 is 5.06. The highest BCUT2D eigenvalue weighted by molar-refractivity contribution is 5.81. The first kappa shape index (κ1) is 15.8. The molecule has 0 amide bonds. The fourth-order valence-electron chi connectivity index (χ4n) is 4.05. The fourth-order valence-corrected chi connectivity index (χ4v) is 4.05. The predicted octanol–water partition coefficient (Wildman–Crippen LogP) is 2.18. The number of likely N-dealkylation sites (tertiary alicyclic amines) is 1. The molecule has 2 atom stereocenters. The first-order valence-electron chi connectivity index (χ1n) is 8.22. The number of ether oxygens (including phenoxy) is 1. The van der Waals surface area contributed by atoms with Gasteiger partial charge in [0.15, 0.2) is 0 Å². The van der Waals surface area contributed by atoms with Crippen LogP contribution in [0.2, 0.25) is 0 Å². The number of rotatable bonds is 5. The Balaban J connectivity index is 1.91. The molecule has 4 nitrogen and oxygen atoms in total. The molecule has 1 saturated carbocycles. The van der Waals surface area contributed by atoms with Gasteiger partial charge in [-0.2, -0.15) is 0 Å². The van der Waals surface area contributed by atoms with Crippen molar-refractivity contribution < 1.29 is 9.53 Å². The van der Waals surface area contributed by atoms with Crippen LogP contribution in [0.3, 0.4) is 0 Å². The highest BCUT2D eigenvalue weighted by Gasteiger charge is 2.48. The van der Waals surface area contributed by atoms with Gasteiger partial charge in [-0.1, -0.05) is 19.3 Å². The molecule has 0 aromatic heterocycles. The largest absolute Gasteiger partial charge is 0.468 e. The molecule has 2 aliphatic rings. The lowest BCUT2D eigenvalue weighted by Crippen LogP contribution is -2.54. The number of hydrogen-bond donors (Lipinski definition) is 1. The van der Waals surface area contributed by atoms with Crippen molar-refractivity contribution in [3.63, 3.8) is 0 Å². The van der Waals surface area contributed by atoms with Crippen LogP contribution in [0.25, 0.3) is 0 Å². The van der Waals surface area contributed by atoms with Gasteiger partial charge in [-0.25, -0.2) is 0 Å². The lowest BCUT2D eigenvalue weighted by Gasteiger charge is -2.33. The lowest BCUT2D eigenvalue weighted by molar-refractivity contribution is -0.150. The maximum Gasteiger partial charge on any atom is 0.326 e. The molecule has 1 saturated heterocycles. The van der Waals surface area contributed by atoms with Gasteiger partial charge in [0, 0.05) is 0 Å². The van der Waals surface area contributed by atoms with Crippen LogP contribution < -0.4 is 5.32 Å². The van der Waals surface area contributed by atoms with Crippen molar-refractivity contribution in [3.05, 3.63) is 0 Å². The molecule has 0 radical (unpaired) electrons.